The largest absolute Gasteiger partial charge is 0.365 e. The lowest BCUT2D eigenvalue weighted by molar-refractivity contribution is 0.100. The van der Waals surface area contributed by atoms with E-state index < -0.39 is 18.4 Å². The fourth-order valence-corrected chi connectivity index (χ4v) is 3.33. The number of fused-ring (bicyclic) bond motifs is 1. The number of halogens is 2. The zero-order chi connectivity index (χ0) is 22.4. The van der Waals surface area contributed by atoms with E-state index in [9.17, 15) is 13.6 Å². The number of carbonyl (C=O) groups excluding carboxylic acids is 1. The molecule has 0 saturated heterocycles. The number of aromatic nitrogens is 3. The average Bonchev–Trinajstić information content (AvgIpc) is 3.15. The van der Waals surface area contributed by atoms with Gasteiger partial charge < -0.3 is 22.1 Å². The third kappa shape index (κ3) is 5.26. The number of pyridine rings is 1. The van der Waals surface area contributed by atoms with Gasteiger partial charge in [0.05, 0.1) is 23.8 Å². The molecule has 1 aromatic carbocycles. The van der Waals surface area contributed by atoms with Gasteiger partial charge in [0.1, 0.15) is 12.5 Å². The van der Waals surface area contributed by atoms with Crippen LogP contribution in [0.3, 0.4) is 0 Å². The summed E-state index contributed by atoms with van der Waals surface area (Å²) >= 11 is 0. The lowest BCUT2D eigenvalue weighted by Gasteiger charge is -2.19. The topological polar surface area (TPSA) is 124 Å². The zero-order valence-corrected chi connectivity index (χ0v) is 17.4. The second-order valence-electron chi connectivity index (χ2n) is 7.25. The molecule has 0 unspecified atom stereocenters. The first-order chi connectivity index (χ1) is 15.0. The van der Waals surface area contributed by atoms with E-state index in [0.717, 1.165) is 36.2 Å². The van der Waals surface area contributed by atoms with Crippen molar-refractivity contribution in [1.29, 1.82) is 0 Å². The molecule has 1 atom stereocenters. The highest BCUT2D eigenvalue weighted by molar-refractivity contribution is 5.99. The Kier molecular flexibility index (Phi) is 7.35. The summed E-state index contributed by atoms with van der Waals surface area (Å²) in [6, 6.07) is 6.22. The maximum atomic E-state index is 14.6. The molecule has 0 fully saturated rings. The number of primary amides is 1. The third-order valence-electron chi connectivity index (χ3n) is 4.97. The van der Waals surface area contributed by atoms with Crippen molar-refractivity contribution in [3.05, 3.63) is 41.8 Å². The van der Waals surface area contributed by atoms with Gasteiger partial charge in [0, 0.05) is 23.7 Å². The Hall–Kier alpha value is -3.27. The number of carbonyl (C=O) groups is 1. The molecule has 0 aliphatic rings. The van der Waals surface area contributed by atoms with Gasteiger partial charge in [0.15, 0.2) is 11.6 Å². The quantitative estimate of drug-likeness (QED) is 0.369. The number of hydrogen-bond donors (Lipinski definition) is 4. The van der Waals surface area contributed by atoms with Crippen LogP contribution in [-0.4, -0.2) is 39.9 Å². The van der Waals surface area contributed by atoms with Crippen LogP contribution >= 0.6 is 0 Å². The van der Waals surface area contributed by atoms with Crippen LogP contribution in [0.2, 0.25) is 0 Å². The SMILES string of the molecule is CCCC[C@H](CN)Nc1nc(Nc2ccc3c(cnn3CCF)c2)c(C(N)=O)cc1F. The summed E-state index contributed by atoms with van der Waals surface area (Å²) in [5.41, 5.74) is 12.5. The molecule has 31 heavy (non-hydrogen) atoms. The molecule has 0 bridgehead atoms. The van der Waals surface area contributed by atoms with Crippen LogP contribution in [0.15, 0.2) is 30.5 Å². The van der Waals surface area contributed by atoms with Gasteiger partial charge in [0.25, 0.3) is 5.91 Å². The summed E-state index contributed by atoms with van der Waals surface area (Å²) < 4.78 is 28.8. The smallest absolute Gasteiger partial charge is 0.252 e. The van der Waals surface area contributed by atoms with Gasteiger partial charge in [-0.15, -0.1) is 0 Å². The fourth-order valence-electron chi connectivity index (χ4n) is 3.33. The average molecular weight is 431 g/mol. The number of nitrogens with one attached hydrogen (secondary N) is 2. The highest BCUT2D eigenvalue weighted by Crippen LogP contribution is 2.26. The Labute approximate surface area is 179 Å². The van der Waals surface area contributed by atoms with Crippen molar-refractivity contribution in [3.8, 4) is 0 Å². The van der Waals surface area contributed by atoms with Crippen molar-refractivity contribution in [3.63, 3.8) is 0 Å². The van der Waals surface area contributed by atoms with Gasteiger partial charge in [-0.25, -0.2) is 13.8 Å². The van der Waals surface area contributed by atoms with Crippen LogP contribution in [0.25, 0.3) is 10.9 Å². The number of nitrogens with zero attached hydrogens (tertiary/aromatic N) is 3. The van der Waals surface area contributed by atoms with Gasteiger partial charge in [0.2, 0.25) is 0 Å². The normalized spacial score (nSPS) is 12.1. The highest BCUT2D eigenvalue weighted by Gasteiger charge is 2.18. The molecule has 2 aromatic heterocycles. The molecular weight excluding hydrogens is 404 g/mol. The standard InChI is InChI=1S/C21H27F2N7O/c1-2-3-4-15(11-24)28-21-17(23)10-16(19(25)31)20(29-21)27-14-5-6-18-13(9-14)12-26-30(18)8-7-22/h5-6,9-10,12,15H,2-4,7-8,11,24H2,1H3,(H2,25,31)(H2,27,28,29)/t15-/m1/s1. The van der Waals surface area contributed by atoms with Crippen molar-refractivity contribution < 1.29 is 13.6 Å². The minimum atomic E-state index is -0.807. The summed E-state index contributed by atoms with van der Waals surface area (Å²) in [6.45, 7) is 2.03. The molecule has 0 radical (unpaired) electrons. The summed E-state index contributed by atoms with van der Waals surface area (Å²) in [6.07, 6.45) is 4.33. The Morgan fingerprint density at radius 1 is 1.29 bits per heavy atom. The number of unbranched alkanes of at least 4 members (excludes halogenated alkanes) is 1. The minimum Gasteiger partial charge on any atom is -0.365 e. The van der Waals surface area contributed by atoms with E-state index >= 15 is 0 Å². The van der Waals surface area contributed by atoms with E-state index in [0.29, 0.717) is 12.2 Å². The third-order valence-corrected chi connectivity index (χ3v) is 4.97. The predicted molar refractivity (Wildman–Crippen MR) is 118 cm³/mol. The number of rotatable bonds is 11. The molecule has 3 rings (SSSR count). The number of amides is 1. The van der Waals surface area contributed by atoms with Gasteiger partial charge in [-0.3, -0.25) is 9.48 Å². The molecule has 2 heterocycles. The molecule has 6 N–H and O–H groups in total. The van der Waals surface area contributed by atoms with Crippen molar-refractivity contribution >= 4 is 34.1 Å². The van der Waals surface area contributed by atoms with Gasteiger partial charge >= 0.3 is 0 Å². The summed E-state index contributed by atoms with van der Waals surface area (Å²) in [4.78, 5) is 16.1. The molecule has 10 heteroatoms. The number of alkyl halides is 1. The second kappa shape index (κ2) is 10.2. The van der Waals surface area contributed by atoms with Crippen LogP contribution in [-0.2, 0) is 6.54 Å². The summed E-state index contributed by atoms with van der Waals surface area (Å²) in [7, 11) is 0. The minimum absolute atomic E-state index is 0.00380. The van der Waals surface area contributed by atoms with Crippen LogP contribution in [0, 0.1) is 5.82 Å². The molecule has 0 saturated carbocycles. The highest BCUT2D eigenvalue weighted by atomic mass is 19.1. The van der Waals surface area contributed by atoms with E-state index in [2.05, 4.69) is 27.6 Å². The van der Waals surface area contributed by atoms with Crippen LogP contribution in [0.4, 0.5) is 26.1 Å². The monoisotopic (exact) mass is 431 g/mol. The van der Waals surface area contributed by atoms with Crippen LogP contribution < -0.4 is 22.1 Å². The number of anilines is 3. The van der Waals surface area contributed by atoms with E-state index in [-0.39, 0.29) is 29.8 Å². The van der Waals surface area contributed by atoms with E-state index in [1.54, 1.807) is 29.1 Å². The lowest BCUT2D eigenvalue weighted by Crippen LogP contribution is -2.30. The van der Waals surface area contributed by atoms with E-state index in [1.165, 1.54) is 0 Å². The second-order valence-corrected chi connectivity index (χ2v) is 7.25. The molecule has 166 valence electrons. The first-order valence-electron chi connectivity index (χ1n) is 10.2. The molecule has 3 aromatic rings. The van der Waals surface area contributed by atoms with E-state index in [4.69, 9.17) is 11.5 Å². The van der Waals surface area contributed by atoms with Crippen LogP contribution in [0.1, 0.15) is 36.5 Å². The number of benzene rings is 1. The Balaban J connectivity index is 1.91. The molecule has 0 aliphatic carbocycles. The van der Waals surface area contributed by atoms with Crippen LogP contribution in [0.5, 0.6) is 0 Å². The fraction of sp³-hybridized carbons (Fsp3) is 0.381. The van der Waals surface area contributed by atoms with Gasteiger partial charge in [-0.05, 0) is 30.7 Å². The lowest BCUT2D eigenvalue weighted by atomic mass is 10.1. The van der Waals surface area contributed by atoms with Crippen molar-refractivity contribution in [2.24, 2.45) is 11.5 Å². The van der Waals surface area contributed by atoms with Gasteiger partial charge in [-0.1, -0.05) is 19.8 Å². The molecular formula is C21H27F2N7O. The molecule has 8 nitrogen and oxygen atoms in total. The number of nitrogens with two attached hydrogens (primary N) is 2. The van der Waals surface area contributed by atoms with Gasteiger partial charge in [-0.2, -0.15) is 5.10 Å². The van der Waals surface area contributed by atoms with Crippen molar-refractivity contribution in [2.45, 2.75) is 38.8 Å². The first-order valence-corrected chi connectivity index (χ1v) is 10.2. The van der Waals surface area contributed by atoms with E-state index in [1.807, 2.05) is 0 Å². The maximum Gasteiger partial charge on any atom is 0.252 e. The Bertz CT molecular complexity index is 1050. The van der Waals surface area contributed by atoms with Crippen molar-refractivity contribution in [1.82, 2.24) is 14.8 Å². The predicted octanol–water partition coefficient (Wildman–Crippen LogP) is 3.31. The molecule has 1 amide bonds. The molecule has 0 aliphatic heterocycles. The summed E-state index contributed by atoms with van der Waals surface area (Å²) in [5.74, 6) is -1.37. The number of hydrogen-bond acceptors (Lipinski definition) is 6. The first kappa shape index (κ1) is 22.4. The zero-order valence-electron chi connectivity index (χ0n) is 17.4. The Morgan fingerprint density at radius 2 is 2.10 bits per heavy atom. The summed E-state index contributed by atoms with van der Waals surface area (Å²) in [5, 5.41) is 11.0. The maximum absolute atomic E-state index is 14.6. The van der Waals surface area contributed by atoms with Crippen molar-refractivity contribution in [2.75, 3.05) is 23.9 Å². The number of aryl methyl sites for hydroxylation is 1. The Morgan fingerprint density at radius 3 is 2.77 bits per heavy atom. The molecule has 0 spiro atoms.